The van der Waals surface area contributed by atoms with Crippen LogP contribution in [0.2, 0.25) is 0 Å². The molecule has 0 aliphatic heterocycles. The molecule has 20 heavy (non-hydrogen) atoms. The van der Waals surface area contributed by atoms with E-state index in [4.69, 9.17) is 5.26 Å². The van der Waals surface area contributed by atoms with Crippen molar-refractivity contribution in [2.45, 2.75) is 17.6 Å². The zero-order valence-electron chi connectivity index (χ0n) is 10.8. The molecule has 0 aliphatic rings. The van der Waals surface area contributed by atoms with Gasteiger partial charge in [0, 0.05) is 5.56 Å². The van der Waals surface area contributed by atoms with Crippen molar-refractivity contribution in [2.75, 3.05) is 0 Å². The smallest absolute Gasteiger partial charge is 0.182 e. The normalized spacial score (nSPS) is 11.1. The highest BCUT2D eigenvalue weighted by Crippen LogP contribution is 2.21. The van der Waals surface area contributed by atoms with Gasteiger partial charge in [-0.15, -0.1) is 0 Å². The summed E-state index contributed by atoms with van der Waals surface area (Å²) >= 11 is 0. The van der Waals surface area contributed by atoms with Crippen LogP contribution in [-0.2, 0) is 15.6 Å². The molecule has 5 heteroatoms. The second-order valence-electron chi connectivity index (χ2n) is 4.44. The van der Waals surface area contributed by atoms with Crippen molar-refractivity contribution in [3.05, 3.63) is 65.0 Å². The first kappa shape index (κ1) is 14.2. The van der Waals surface area contributed by atoms with Crippen molar-refractivity contribution < 1.29 is 12.8 Å². The van der Waals surface area contributed by atoms with Crippen molar-refractivity contribution in [1.29, 1.82) is 5.26 Å². The van der Waals surface area contributed by atoms with E-state index in [1.165, 1.54) is 18.2 Å². The van der Waals surface area contributed by atoms with Crippen LogP contribution in [0.15, 0.2) is 47.4 Å². The molecule has 0 aromatic heterocycles. The van der Waals surface area contributed by atoms with E-state index in [9.17, 15) is 12.8 Å². The minimum absolute atomic E-state index is 0.00676. The Balaban J connectivity index is 2.44. The van der Waals surface area contributed by atoms with Gasteiger partial charge in [-0.2, -0.15) is 5.26 Å². The fourth-order valence-corrected chi connectivity index (χ4v) is 3.57. The molecule has 0 saturated heterocycles. The average Bonchev–Trinajstić information content (AvgIpc) is 2.41. The van der Waals surface area contributed by atoms with E-state index in [2.05, 4.69) is 0 Å². The lowest BCUT2D eigenvalue weighted by Gasteiger charge is -2.08. The topological polar surface area (TPSA) is 57.9 Å². The molecule has 0 heterocycles. The van der Waals surface area contributed by atoms with Crippen molar-refractivity contribution in [3.8, 4) is 6.07 Å². The lowest BCUT2D eigenvalue weighted by atomic mass is 10.1. The monoisotopic (exact) mass is 289 g/mol. The van der Waals surface area contributed by atoms with Crippen LogP contribution in [0, 0.1) is 24.1 Å². The molecule has 2 rings (SSSR count). The summed E-state index contributed by atoms with van der Waals surface area (Å²) in [7, 11) is -3.64. The maximum absolute atomic E-state index is 13.7. The van der Waals surface area contributed by atoms with Gasteiger partial charge < -0.3 is 0 Å². The molecule has 2 aromatic rings. The number of rotatable bonds is 3. The number of nitriles is 1. The molecule has 0 N–H and O–H groups in total. The van der Waals surface area contributed by atoms with E-state index in [1.807, 2.05) is 6.07 Å². The van der Waals surface area contributed by atoms with Gasteiger partial charge in [0.05, 0.1) is 22.3 Å². The summed E-state index contributed by atoms with van der Waals surface area (Å²) in [5, 5.41) is 8.79. The number of benzene rings is 2. The quantitative estimate of drug-likeness (QED) is 0.872. The molecule has 0 fully saturated rings. The molecule has 0 amide bonds. The van der Waals surface area contributed by atoms with Crippen LogP contribution in [0.5, 0.6) is 0 Å². The van der Waals surface area contributed by atoms with Crippen LogP contribution in [0.4, 0.5) is 4.39 Å². The van der Waals surface area contributed by atoms with Gasteiger partial charge in [-0.25, -0.2) is 12.8 Å². The minimum Gasteiger partial charge on any atom is -0.223 e. The molecule has 0 spiro atoms. The van der Waals surface area contributed by atoms with E-state index in [0.29, 0.717) is 5.56 Å². The third-order valence-electron chi connectivity index (χ3n) is 2.95. The standard InChI is InChI=1S/C15H12FNO2S/c1-11-4-2-3-5-15(11)20(18,19)10-13-8-12(9-17)6-7-14(13)16/h2-8H,10H2,1H3. The van der Waals surface area contributed by atoms with Crippen LogP contribution in [-0.4, -0.2) is 8.42 Å². The molecule has 102 valence electrons. The molecule has 0 bridgehead atoms. The second kappa shape index (κ2) is 5.43. The van der Waals surface area contributed by atoms with Crippen LogP contribution < -0.4 is 0 Å². The third kappa shape index (κ3) is 2.86. The average molecular weight is 289 g/mol. The summed E-state index contributed by atoms with van der Waals surface area (Å²) in [5.74, 6) is -1.08. The third-order valence-corrected chi connectivity index (χ3v) is 4.77. The Bertz CT molecular complexity index is 792. The summed E-state index contributed by atoms with van der Waals surface area (Å²) < 4.78 is 38.3. The van der Waals surface area contributed by atoms with Crippen LogP contribution in [0.3, 0.4) is 0 Å². The molecule has 0 unspecified atom stereocenters. The first-order valence-electron chi connectivity index (χ1n) is 5.91. The van der Waals surface area contributed by atoms with Gasteiger partial charge in [-0.1, -0.05) is 18.2 Å². The minimum atomic E-state index is -3.64. The Morgan fingerprint density at radius 3 is 2.55 bits per heavy atom. The number of hydrogen-bond donors (Lipinski definition) is 0. The summed E-state index contributed by atoms with van der Waals surface area (Å²) in [6, 6.07) is 12.1. The van der Waals surface area contributed by atoms with Crippen molar-refractivity contribution >= 4 is 9.84 Å². The lowest BCUT2D eigenvalue weighted by Crippen LogP contribution is -2.08. The Morgan fingerprint density at radius 2 is 1.90 bits per heavy atom. The Hall–Kier alpha value is -2.19. The van der Waals surface area contributed by atoms with Gasteiger partial charge in [-0.3, -0.25) is 0 Å². The molecular weight excluding hydrogens is 277 g/mol. The molecule has 3 nitrogen and oxygen atoms in total. The van der Waals surface area contributed by atoms with Gasteiger partial charge in [0.1, 0.15) is 5.82 Å². The zero-order valence-corrected chi connectivity index (χ0v) is 11.6. The number of sulfone groups is 1. The van der Waals surface area contributed by atoms with E-state index < -0.39 is 21.4 Å². The summed E-state index contributed by atoms with van der Waals surface area (Å²) in [6.45, 7) is 1.69. The Morgan fingerprint density at radius 1 is 1.20 bits per heavy atom. The first-order chi connectivity index (χ1) is 9.44. The predicted molar refractivity (Wildman–Crippen MR) is 73.2 cm³/mol. The fraction of sp³-hybridized carbons (Fsp3) is 0.133. The van der Waals surface area contributed by atoms with Crippen molar-refractivity contribution in [2.24, 2.45) is 0 Å². The van der Waals surface area contributed by atoms with Crippen LogP contribution in [0.1, 0.15) is 16.7 Å². The maximum atomic E-state index is 13.7. The molecule has 0 aliphatic carbocycles. The maximum Gasteiger partial charge on any atom is 0.182 e. The highest BCUT2D eigenvalue weighted by atomic mass is 32.2. The van der Waals surface area contributed by atoms with E-state index in [0.717, 1.165) is 6.07 Å². The summed E-state index contributed by atoms with van der Waals surface area (Å²) in [6.07, 6.45) is 0. The van der Waals surface area contributed by atoms with Crippen LogP contribution >= 0.6 is 0 Å². The Kier molecular flexibility index (Phi) is 3.86. The number of aryl methyl sites for hydroxylation is 1. The van der Waals surface area contributed by atoms with Gasteiger partial charge in [-0.05, 0) is 36.8 Å². The van der Waals surface area contributed by atoms with Crippen molar-refractivity contribution in [1.82, 2.24) is 0 Å². The van der Waals surface area contributed by atoms with E-state index in [-0.39, 0.29) is 16.0 Å². The van der Waals surface area contributed by atoms with Crippen molar-refractivity contribution in [3.63, 3.8) is 0 Å². The Labute approximate surface area is 117 Å². The molecule has 0 radical (unpaired) electrons. The summed E-state index contributed by atoms with van der Waals surface area (Å²) in [4.78, 5) is 0.182. The fourth-order valence-electron chi connectivity index (χ4n) is 1.94. The largest absolute Gasteiger partial charge is 0.223 e. The number of hydrogen-bond acceptors (Lipinski definition) is 3. The number of halogens is 1. The molecule has 2 aromatic carbocycles. The first-order valence-corrected chi connectivity index (χ1v) is 7.56. The SMILES string of the molecule is Cc1ccccc1S(=O)(=O)Cc1cc(C#N)ccc1F. The highest BCUT2D eigenvalue weighted by Gasteiger charge is 2.19. The number of nitrogens with zero attached hydrogens (tertiary/aromatic N) is 1. The highest BCUT2D eigenvalue weighted by molar-refractivity contribution is 7.90. The lowest BCUT2D eigenvalue weighted by molar-refractivity contribution is 0.586. The van der Waals surface area contributed by atoms with E-state index in [1.54, 1.807) is 25.1 Å². The van der Waals surface area contributed by atoms with Gasteiger partial charge >= 0.3 is 0 Å². The molecule has 0 atom stereocenters. The van der Waals surface area contributed by atoms with Gasteiger partial charge in [0.15, 0.2) is 9.84 Å². The van der Waals surface area contributed by atoms with Gasteiger partial charge in [0.25, 0.3) is 0 Å². The van der Waals surface area contributed by atoms with Crippen LogP contribution in [0.25, 0.3) is 0 Å². The molecule has 0 saturated carbocycles. The summed E-state index contributed by atoms with van der Waals surface area (Å²) in [5.41, 5.74) is 0.859. The van der Waals surface area contributed by atoms with Gasteiger partial charge in [0.2, 0.25) is 0 Å². The molecular formula is C15H12FNO2S. The van der Waals surface area contributed by atoms with E-state index >= 15 is 0 Å². The zero-order chi connectivity index (χ0) is 14.8. The second-order valence-corrected chi connectivity index (χ2v) is 6.40. The predicted octanol–water partition coefficient (Wildman–Crippen LogP) is 2.98.